The molecule has 1 rings (SSSR count). The van der Waals surface area contributed by atoms with E-state index in [0.29, 0.717) is 6.07 Å². The van der Waals surface area contributed by atoms with Crippen LogP contribution < -0.4 is 9.47 Å². The smallest absolute Gasteiger partial charge is 0.481 e. The molecule has 1 aromatic rings. The summed E-state index contributed by atoms with van der Waals surface area (Å²) < 4.78 is 68.9. The Kier molecular flexibility index (Phi) is 4.33. The highest BCUT2D eigenvalue weighted by molar-refractivity contribution is 14.1. The first-order valence-electron chi connectivity index (χ1n) is 4.03. The Labute approximate surface area is 106 Å². The molecule has 0 N–H and O–H groups in total. The highest BCUT2D eigenvalue weighted by Crippen LogP contribution is 2.37. The predicted molar refractivity (Wildman–Crippen MR) is 55.1 cm³/mol. The van der Waals surface area contributed by atoms with E-state index in [2.05, 4.69) is 14.5 Å². The van der Waals surface area contributed by atoms with Crippen LogP contribution in [0.2, 0.25) is 0 Å². The fourth-order valence-electron chi connectivity index (χ4n) is 0.981. The predicted octanol–water partition coefficient (Wildman–Crippen LogP) is 3.53. The van der Waals surface area contributed by atoms with Gasteiger partial charge < -0.3 is 9.47 Å². The number of nitrogens with zero attached hydrogens (tertiary/aromatic N) is 1. The molecule has 0 bridgehead atoms. The summed E-state index contributed by atoms with van der Waals surface area (Å²) in [5, 5.41) is 0. The number of hydrogen-bond acceptors (Lipinski definition) is 3. The summed E-state index contributed by atoms with van der Waals surface area (Å²) in [4.78, 5) is 3.52. The average molecular weight is 369 g/mol. The molecule has 3 nitrogen and oxygen atoms in total. The summed E-state index contributed by atoms with van der Waals surface area (Å²) in [6.07, 6.45) is -8.18. The van der Waals surface area contributed by atoms with Crippen molar-refractivity contribution in [2.45, 2.75) is 12.8 Å². The molecule has 17 heavy (non-hydrogen) atoms. The first-order chi connectivity index (χ1) is 7.74. The summed E-state index contributed by atoms with van der Waals surface area (Å²) in [7, 11) is 1.16. The molecule has 0 spiro atoms. The topological polar surface area (TPSA) is 31.4 Å². The van der Waals surface area contributed by atoms with Gasteiger partial charge in [-0.3, -0.25) is 0 Å². The quantitative estimate of drug-likeness (QED) is 0.464. The van der Waals surface area contributed by atoms with Gasteiger partial charge in [0.25, 0.3) is 6.43 Å². The van der Waals surface area contributed by atoms with Gasteiger partial charge in [0.05, 0.1) is 12.7 Å². The van der Waals surface area contributed by atoms with E-state index in [4.69, 9.17) is 0 Å². The SMILES string of the molecule is COc1cc(C(F)F)c(OC(F)(F)F)c(I)n1. The first-order valence-corrected chi connectivity index (χ1v) is 5.10. The van der Waals surface area contributed by atoms with Crippen LogP contribution >= 0.6 is 22.6 Å². The summed E-state index contributed by atoms with van der Waals surface area (Å²) in [6, 6.07) is 0.702. The molecule has 9 heteroatoms. The zero-order valence-electron chi connectivity index (χ0n) is 8.19. The Hall–Kier alpha value is -0.870. The summed E-state index contributed by atoms with van der Waals surface area (Å²) in [6.45, 7) is 0. The average Bonchev–Trinajstić information content (AvgIpc) is 2.18. The monoisotopic (exact) mass is 369 g/mol. The van der Waals surface area contributed by atoms with Crippen LogP contribution in [-0.2, 0) is 0 Å². The lowest BCUT2D eigenvalue weighted by atomic mass is 10.2. The molecule has 0 aromatic carbocycles. The van der Waals surface area contributed by atoms with Crippen molar-refractivity contribution >= 4 is 22.6 Å². The van der Waals surface area contributed by atoms with E-state index in [-0.39, 0.29) is 9.58 Å². The molecular weight excluding hydrogens is 364 g/mol. The van der Waals surface area contributed by atoms with E-state index >= 15 is 0 Å². The maximum atomic E-state index is 12.6. The third kappa shape index (κ3) is 3.82. The number of halogens is 6. The molecule has 0 aliphatic carbocycles. The van der Waals surface area contributed by atoms with Crippen LogP contribution in [0.4, 0.5) is 22.0 Å². The van der Waals surface area contributed by atoms with Gasteiger partial charge in [-0.2, -0.15) is 0 Å². The summed E-state index contributed by atoms with van der Waals surface area (Å²) >= 11 is 1.36. The van der Waals surface area contributed by atoms with E-state index in [1.807, 2.05) is 0 Å². The normalized spacial score (nSPS) is 11.8. The molecule has 0 fully saturated rings. The zero-order valence-corrected chi connectivity index (χ0v) is 10.3. The fourth-order valence-corrected chi connectivity index (χ4v) is 1.64. The third-order valence-electron chi connectivity index (χ3n) is 1.60. The molecule has 1 heterocycles. The van der Waals surface area contributed by atoms with Crippen LogP contribution in [0, 0.1) is 3.70 Å². The molecule has 0 radical (unpaired) electrons. The van der Waals surface area contributed by atoms with Crippen LogP contribution in [0.3, 0.4) is 0 Å². The minimum Gasteiger partial charge on any atom is -0.481 e. The maximum Gasteiger partial charge on any atom is 0.573 e. The van der Waals surface area contributed by atoms with Gasteiger partial charge in [-0.15, -0.1) is 13.2 Å². The third-order valence-corrected chi connectivity index (χ3v) is 2.33. The van der Waals surface area contributed by atoms with Crippen molar-refractivity contribution in [3.8, 4) is 11.6 Å². The van der Waals surface area contributed by atoms with Gasteiger partial charge >= 0.3 is 6.36 Å². The van der Waals surface area contributed by atoms with Crippen LogP contribution in [0.1, 0.15) is 12.0 Å². The van der Waals surface area contributed by atoms with Gasteiger partial charge in [-0.25, -0.2) is 13.8 Å². The lowest BCUT2D eigenvalue weighted by Crippen LogP contribution is -2.19. The van der Waals surface area contributed by atoms with Gasteiger partial charge in [-0.05, 0) is 22.6 Å². The van der Waals surface area contributed by atoms with E-state index in [9.17, 15) is 22.0 Å². The van der Waals surface area contributed by atoms with Gasteiger partial charge in [0.15, 0.2) is 5.75 Å². The van der Waals surface area contributed by atoms with Gasteiger partial charge in [0.2, 0.25) is 5.88 Å². The highest BCUT2D eigenvalue weighted by Gasteiger charge is 2.35. The van der Waals surface area contributed by atoms with Gasteiger partial charge in [0.1, 0.15) is 3.70 Å². The van der Waals surface area contributed by atoms with Crippen LogP contribution in [-0.4, -0.2) is 18.5 Å². The molecule has 0 aliphatic heterocycles. The maximum absolute atomic E-state index is 12.6. The van der Waals surface area contributed by atoms with E-state index in [0.717, 1.165) is 7.11 Å². The molecule has 0 aliphatic rings. The molecule has 0 unspecified atom stereocenters. The minimum atomic E-state index is -5.06. The Balaban J connectivity index is 3.27. The van der Waals surface area contributed by atoms with Crippen molar-refractivity contribution < 1.29 is 31.4 Å². The van der Waals surface area contributed by atoms with Crippen molar-refractivity contribution in [3.63, 3.8) is 0 Å². The standard InChI is InChI=1S/C8H5F5INO2/c1-16-4-2-3(6(9)10)5(7(14)15-4)17-8(11,12)13/h2,6H,1H3. The van der Waals surface area contributed by atoms with E-state index in [1.54, 1.807) is 0 Å². The second-order valence-electron chi connectivity index (χ2n) is 2.72. The largest absolute Gasteiger partial charge is 0.573 e. The van der Waals surface area contributed by atoms with Crippen LogP contribution in [0.25, 0.3) is 0 Å². The lowest BCUT2D eigenvalue weighted by molar-refractivity contribution is -0.275. The van der Waals surface area contributed by atoms with Crippen molar-refractivity contribution in [1.82, 2.24) is 4.98 Å². The summed E-state index contributed by atoms with van der Waals surface area (Å²) in [5.41, 5.74) is -0.918. The van der Waals surface area contributed by atoms with E-state index in [1.165, 1.54) is 22.6 Å². The van der Waals surface area contributed by atoms with Crippen LogP contribution in [0.5, 0.6) is 11.6 Å². The second kappa shape index (κ2) is 5.19. The molecule has 0 saturated heterocycles. The number of ether oxygens (including phenoxy) is 2. The molecule has 0 atom stereocenters. The van der Waals surface area contributed by atoms with Gasteiger partial charge in [0, 0.05) is 6.07 Å². The number of aromatic nitrogens is 1. The second-order valence-corrected chi connectivity index (χ2v) is 3.74. The lowest BCUT2D eigenvalue weighted by Gasteiger charge is -2.14. The first kappa shape index (κ1) is 14.2. The Morgan fingerprint density at radius 1 is 1.35 bits per heavy atom. The van der Waals surface area contributed by atoms with Crippen molar-refractivity contribution in [1.29, 1.82) is 0 Å². The van der Waals surface area contributed by atoms with Crippen molar-refractivity contribution in [2.75, 3.05) is 7.11 Å². The molecule has 0 saturated carbocycles. The molecule has 1 aromatic heterocycles. The molecular formula is C8H5F5INO2. The Morgan fingerprint density at radius 3 is 2.35 bits per heavy atom. The number of methoxy groups -OCH3 is 1. The van der Waals surface area contributed by atoms with Gasteiger partial charge in [-0.1, -0.05) is 0 Å². The van der Waals surface area contributed by atoms with Crippen LogP contribution in [0.15, 0.2) is 6.07 Å². The van der Waals surface area contributed by atoms with Crippen molar-refractivity contribution in [3.05, 3.63) is 15.3 Å². The number of rotatable bonds is 3. The number of pyridine rings is 1. The Bertz CT molecular complexity index is 410. The fraction of sp³-hybridized carbons (Fsp3) is 0.375. The molecule has 96 valence electrons. The van der Waals surface area contributed by atoms with E-state index < -0.39 is 24.1 Å². The summed E-state index contributed by atoms with van der Waals surface area (Å²) in [5.74, 6) is -1.21. The number of alkyl halides is 5. The number of hydrogen-bond donors (Lipinski definition) is 0. The highest BCUT2D eigenvalue weighted by atomic mass is 127. The Morgan fingerprint density at radius 2 is 1.94 bits per heavy atom. The molecule has 0 amide bonds. The zero-order chi connectivity index (χ0) is 13.2. The van der Waals surface area contributed by atoms with Crippen molar-refractivity contribution in [2.24, 2.45) is 0 Å². The minimum absolute atomic E-state index is 0.209.